The smallest absolute Gasteiger partial charge is 0.272 e. The zero-order valence-corrected chi connectivity index (χ0v) is 19.4. The molecule has 0 amide bonds. The zero-order chi connectivity index (χ0) is 24.0. The van der Waals surface area contributed by atoms with Gasteiger partial charge < -0.3 is 9.72 Å². The Morgan fingerprint density at radius 1 is 0.857 bits per heavy atom. The first kappa shape index (κ1) is 22.3. The number of ether oxygens (including phenoxy) is 1. The largest absolute Gasteiger partial charge is 0.379 e. The summed E-state index contributed by atoms with van der Waals surface area (Å²) in [6.07, 6.45) is 1.63. The summed E-state index contributed by atoms with van der Waals surface area (Å²) in [6, 6.07) is 18.5. The minimum absolute atomic E-state index is 0.146. The molecule has 180 valence electrons. The number of morpholine rings is 1. The highest BCUT2D eigenvalue weighted by Gasteiger charge is 2.43. The molecule has 2 saturated heterocycles. The number of halogens is 2. The molecule has 1 N–H and O–H groups in total. The van der Waals surface area contributed by atoms with Crippen LogP contribution in [0.4, 0.5) is 8.78 Å². The number of nitrogens with one attached hydrogen (secondary N) is 1. The van der Waals surface area contributed by atoms with Gasteiger partial charge in [0.1, 0.15) is 0 Å². The van der Waals surface area contributed by atoms with E-state index in [1.54, 1.807) is 11.1 Å². The fourth-order valence-electron chi connectivity index (χ4n) is 5.28. The molecule has 35 heavy (non-hydrogen) atoms. The van der Waals surface area contributed by atoms with Crippen LogP contribution in [-0.2, 0) is 17.8 Å². The van der Waals surface area contributed by atoms with E-state index in [-0.39, 0.29) is 18.6 Å². The van der Waals surface area contributed by atoms with Crippen LogP contribution in [0.15, 0.2) is 65.6 Å². The van der Waals surface area contributed by atoms with Crippen LogP contribution in [0.2, 0.25) is 0 Å². The first-order valence-corrected chi connectivity index (χ1v) is 12.0. The number of pyridine rings is 1. The number of rotatable bonds is 5. The molecular weight excluding hydrogens is 448 g/mol. The van der Waals surface area contributed by atoms with Crippen molar-refractivity contribution in [2.75, 3.05) is 39.4 Å². The van der Waals surface area contributed by atoms with Gasteiger partial charge in [-0.1, -0.05) is 36.4 Å². The summed E-state index contributed by atoms with van der Waals surface area (Å²) in [4.78, 5) is 19.7. The predicted molar refractivity (Wildman–Crippen MR) is 134 cm³/mol. The molecule has 0 saturated carbocycles. The van der Waals surface area contributed by atoms with Crippen molar-refractivity contribution in [2.24, 2.45) is 0 Å². The Morgan fingerprint density at radius 3 is 2.34 bits per heavy atom. The monoisotopic (exact) mass is 475 g/mol. The minimum atomic E-state index is -2.61. The molecule has 1 aromatic heterocycles. The average Bonchev–Trinajstić information content (AvgIpc) is 2.84. The second kappa shape index (κ2) is 8.82. The van der Waals surface area contributed by atoms with Crippen LogP contribution in [0.3, 0.4) is 0 Å². The van der Waals surface area contributed by atoms with E-state index in [4.69, 9.17) is 4.74 Å². The van der Waals surface area contributed by atoms with Gasteiger partial charge in [-0.15, -0.1) is 0 Å². The van der Waals surface area contributed by atoms with Crippen LogP contribution in [0.5, 0.6) is 0 Å². The number of likely N-dealkylation sites (tertiary alicyclic amines) is 1. The summed E-state index contributed by atoms with van der Waals surface area (Å²) < 4.78 is 32.3. The molecule has 2 aliphatic heterocycles. The summed E-state index contributed by atoms with van der Waals surface area (Å²) in [7, 11) is 0. The molecule has 0 atom stereocenters. The molecular formula is C28H27F2N3O2. The number of alkyl halides is 2. The lowest BCUT2D eigenvalue weighted by atomic mass is 9.93. The van der Waals surface area contributed by atoms with Gasteiger partial charge in [0.15, 0.2) is 0 Å². The molecule has 0 aliphatic carbocycles. The maximum atomic E-state index is 13.4. The Labute approximate surface area is 201 Å². The number of hydrogen-bond acceptors (Lipinski definition) is 4. The number of aromatic nitrogens is 1. The van der Waals surface area contributed by atoms with E-state index in [0.717, 1.165) is 65.7 Å². The second-order valence-electron chi connectivity index (χ2n) is 9.65. The van der Waals surface area contributed by atoms with Crippen LogP contribution in [0.1, 0.15) is 11.1 Å². The van der Waals surface area contributed by atoms with E-state index in [9.17, 15) is 13.6 Å². The maximum Gasteiger partial charge on any atom is 0.272 e. The molecule has 0 spiro atoms. The Kier molecular flexibility index (Phi) is 5.63. The molecule has 2 aliphatic rings. The Balaban J connectivity index is 1.36. The summed E-state index contributed by atoms with van der Waals surface area (Å²) in [5, 5.41) is 3.23. The van der Waals surface area contributed by atoms with Crippen molar-refractivity contribution in [3.8, 4) is 11.1 Å². The third kappa shape index (κ3) is 4.47. The lowest BCUT2D eigenvalue weighted by molar-refractivity contribution is -0.133. The number of nitrogens with zero attached hydrogens (tertiary/aromatic N) is 2. The highest BCUT2D eigenvalue weighted by atomic mass is 19.3. The molecule has 3 aromatic carbocycles. The number of fused-ring (bicyclic) bond motifs is 3. The van der Waals surface area contributed by atoms with Crippen molar-refractivity contribution in [1.29, 1.82) is 0 Å². The third-order valence-electron chi connectivity index (χ3n) is 7.06. The van der Waals surface area contributed by atoms with Crippen molar-refractivity contribution in [3.05, 3.63) is 82.3 Å². The molecule has 0 radical (unpaired) electrons. The van der Waals surface area contributed by atoms with Crippen molar-refractivity contribution >= 4 is 21.5 Å². The highest BCUT2D eigenvalue weighted by Crippen LogP contribution is 2.34. The minimum Gasteiger partial charge on any atom is -0.379 e. The average molecular weight is 476 g/mol. The Bertz CT molecular complexity index is 1430. The molecule has 0 unspecified atom stereocenters. The van der Waals surface area contributed by atoms with Crippen molar-refractivity contribution in [1.82, 2.24) is 14.8 Å². The van der Waals surface area contributed by atoms with Crippen molar-refractivity contribution < 1.29 is 13.5 Å². The third-order valence-corrected chi connectivity index (χ3v) is 7.06. The quantitative estimate of drug-likeness (QED) is 0.428. The summed E-state index contributed by atoms with van der Waals surface area (Å²) in [5.74, 6) is -2.61. The normalized spacial score (nSPS) is 18.7. The summed E-state index contributed by atoms with van der Waals surface area (Å²) in [6.45, 7) is 4.35. The van der Waals surface area contributed by atoms with Crippen LogP contribution in [0, 0.1) is 0 Å². The number of H-pyrrole nitrogens is 1. The van der Waals surface area contributed by atoms with E-state index >= 15 is 0 Å². The Morgan fingerprint density at radius 2 is 1.60 bits per heavy atom. The molecule has 2 fully saturated rings. The van der Waals surface area contributed by atoms with Gasteiger partial charge in [0.2, 0.25) is 0 Å². The SMILES string of the molecule is O=c1[nH]ccc2cc(CN3CC(F)(F)C3)c3ccc(-c4ccc(CN5CCOCC5)cc4)cc3c12. The lowest BCUT2D eigenvalue weighted by Gasteiger charge is -2.38. The van der Waals surface area contributed by atoms with Crippen molar-refractivity contribution in [2.45, 2.75) is 19.0 Å². The van der Waals surface area contributed by atoms with Gasteiger partial charge in [-0.3, -0.25) is 14.6 Å². The van der Waals surface area contributed by atoms with Crippen LogP contribution in [-0.4, -0.2) is 60.1 Å². The van der Waals surface area contributed by atoms with Gasteiger partial charge in [0.25, 0.3) is 11.5 Å². The zero-order valence-electron chi connectivity index (χ0n) is 19.4. The van der Waals surface area contributed by atoms with Gasteiger partial charge in [0, 0.05) is 32.4 Å². The standard InChI is InChI=1S/C28H27F2N3O2/c29-28(30)17-33(18-28)16-23-13-22-7-8-31-27(34)26(22)25-14-21(5-6-24(23)25)20-3-1-19(2-4-20)15-32-9-11-35-12-10-32/h1-8,13-14H,9-12,15-18H2,(H,31,34). The van der Waals surface area contributed by atoms with E-state index < -0.39 is 5.92 Å². The number of hydrogen-bond donors (Lipinski definition) is 1. The molecule has 5 nitrogen and oxygen atoms in total. The first-order valence-electron chi connectivity index (χ1n) is 12.0. The van der Waals surface area contributed by atoms with Crippen LogP contribution >= 0.6 is 0 Å². The van der Waals surface area contributed by atoms with Gasteiger partial charge in [-0.25, -0.2) is 8.78 Å². The summed E-state index contributed by atoms with van der Waals surface area (Å²) >= 11 is 0. The van der Waals surface area contributed by atoms with Gasteiger partial charge >= 0.3 is 0 Å². The Hall–Kier alpha value is -3.13. The summed E-state index contributed by atoms with van der Waals surface area (Å²) in [5.41, 5.74) is 4.17. The van der Waals surface area contributed by atoms with E-state index in [1.807, 2.05) is 18.2 Å². The predicted octanol–water partition coefficient (Wildman–Crippen LogP) is 4.63. The van der Waals surface area contributed by atoms with Gasteiger partial charge in [-0.05, 0) is 56.6 Å². The van der Waals surface area contributed by atoms with E-state index in [2.05, 4.69) is 46.3 Å². The van der Waals surface area contributed by atoms with Gasteiger partial charge in [0.05, 0.1) is 31.7 Å². The van der Waals surface area contributed by atoms with Crippen molar-refractivity contribution in [3.63, 3.8) is 0 Å². The second-order valence-corrected chi connectivity index (χ2v) is 9.65. The fraction of sp³-hybridized carbons (Fsp3) is 0.321. The van der Waals surface area contributed by atoms with Crippen LogP contribution in [0.25, 0.3) is 32.7 Å². The molecule has 0 bridgehead atoms. The number of benzene rings is 3. The lowest BCUT2D eigenvalue weighted by Crippen LogP contribution is -2.55. The van der Waals surface area contributed by atoms with Gasteiger partial charge in [-0.2, -0.15) is 0 Å². The van der Waals surface area contributed by atoms with E-state index in [1.165, 1.54) is 5.56 Å². The maximum absolute atomic E-state index is 13.4. The molecule has 7 heteroatoms. The molecule has 6 rings (SSSR count). The van der Waals surface area contributed by atoms with Crippen LogP contribution < -0.4 is 5.56 Å². The molecule has 4 aromatic rings. The first-order chi connectivity index (χ1) is 16.9. The molecule has 3 heterocycles. The topological polar surface area (TPSA) is 48.6 Å². The van der Waals surface area contributed by atoms with E-state index in [0.29, 0.717) is 11.9 Å². The highest BCUT2D eigenvalue weighted by molar-refractivity contribution is 6.09. The number of aromatic amines is 1. The fourth-order valence-corrected chi connectivity index (χ4v) is 5.28.